The molecular weight excluding hydrogens is 631 g/mol. The number of nitrogens with zero attached hydrogens (tertiary/aromatic N) is 6. The number of benzene rings is 2. The number of nitrogens with one attached hydrogen (secondary N) is 3. The third-order valence-corrected chi connectivity index (χ3v) is 9.37. The van der Waals surface area contributed by atoms with Gasteiger partial charge < -0.3 is 5.32 Å². The smallest absolute Gasteiger partial charge is 0.300 e. The summed E-state index contributed by atoms with van der Waals surface area (Å²) in [6.07, 6.45) is 8.89. The third-order valence-electron chi connectivity index (χ3n) is 8.37. The van der Waals surface area contributed by atoms with Gasteiger partial charge in [0.05, 0.1) is 28.9 Å². The summed E-state index contributed by atoms with van der Waals surface area (Å²) in [6.45, 7) is 1.81. The van der Waals surface area contributed by atoms with E-state index in [0.717, 1.165) is 34.9 Å². The maximum Gasteiger partial charge on any atom is 0.300 e. The predicted molar refractivity (Wildman–Crippen MR) is 181 cm³/mol. The van der Waals surface area contributed by atoms with Gasteiger partial charge >= 0.3 is 0 Å². The second-order valence-corrected chi connectivity index (χ2v) is 13.1. The Balaban J connectivity index is 1.41. The number of anilines is 1. The van der Waals surface area contributed by atoms with Crippen LogP contribution in [0.1, 0.15) is 57.7 Å². The number of amides is 1. The molecule has 0 unspecified atom stereocenters. The highest BCUT2D eigenvalue weighted by molar-refractivity contribution is 7.90. The van der Waals surface area contributed by atoms with Crippen molar-refractivity contribution in [2.24, 2.45) is 7.05 Å². The minimum absolute atomic E-state index is 0.0574. The molecule has 6 aromatic rings. The molecule has 0 saturated heterocycles. The number of carbonyl (C=O) groups excluding carboxylic acids is 1. The van der Waals surface area contributed by atoms with Gasteiger partial charge in [-0.25, -0.2) is 14.2 Å². The highest BCUT2D eigenvalue weighted by Crippen LogP contribution is 2.36. The average molecular weight is 662 g/mol. The molecule has 4 aromatic heterocycles. The summed E-state index contributed by atoms with van der Waals surface area (Å²) in [5.41, 5.74) is 4.46. The molecule has 0 bridgehead atoms. The van der Waals surface area contributed by atoms with Crippen molar-refractivity contribution < 1.29 is 13.2 Å². The first kappa shape index (κ1) is 30.9. The van der Waals surface area contributed by atoms with Crippen molar-refractivity contribution in [2.45, 2.75) is 32.2 Å². The molecule has 14 heteroatoms. The zero-order chi connectivity index (χ0) is 33.6. The van der Waals surface area contributed by atoms with Crippen LogP contribution in [0.25, 0.3) is 22.1 Å². The molecular formula is C34H31N9O4S. The third kappa shape index (κ3) is 5.48. The molecule has 1 atom stereocenters. The summed E-state index contributed by atoms with van der Waals surface area (Å²) in [4.78, 5) is 33.1. The number of hydrogen-bond acceptors (Lipinski definition) is 7. The Morgan fingerprint density at radius 1 is 1.04 bits per heavy atom. The van der Waals surface area contributed by atoms with Gasteiger partial charge in [0.25, 0.3) is 21.7 Å². The fourth-order valence-corrected chi connectivity index (χ4v) is 6.81. The molecule has 4 heterocycles. The molecule has 1 aliphatic carbocycles. The van der Waals surface area contributed by atoms with Crippen molar-refractivity contribution in [1.82, 2.24) is 39.0 Å². The van der Waals surface area contributed by atoms with E-state index in [9.17, 15) is 18.0 Å². The van der Waals surface area contributed by atoms with E-state index in [1.54, 1.807) is 27.7 Å². The molecule has 1 amide bonds. The Labute approximate surface area is 275 Å². The Bertz CT molecular complexity index is 2470. The summed E-state index contributed by atoms with van der Waals surface area (Å²) in [7, 11) is -0.940. The minimum atomic E-state index is -4.01. The molecule has 13 nitrogen and oxygen atoms in total. The van der Waals surface area contributed by atoms with Crippen molar-refractivity contribution >= 4 is 38.4 Å². The number of rotatable bonds is 7. The van der Waals surface area contributed by atoms with Crippen LogP contribution in [0.5, 0.6) is 0 Å². The molecule has 2 aromatic carbocycles. The number of hydrogen-bond donors (Lipinski definition) is 3. The van der Waals surface area contributed by atoms with Crippen molar-refractivity contribution in [3.8, 4) is 17.5 Å². The quantitative estimate of drug-likeness (QED) is 0.222. The molecule has 0 spiro atoms. The van der Waals surface area contributed by atoms with E-state index in [4.69, 9.17) is 0 Å². The van der Waals surface area contributed by atoms with Gasteiger partial charge in [-0.05, 0) is 67.0 Å². The molecule has 3 N–H and O–H groups in total. The van der Waals surface area contributed by atoms with Crippen molar-refractivity contribution in [3.05, 3.63) is 117 Å². The van der Waals surface area contributed by atoms with Gasteiger partial charge in [0.2, 0.25) is 0 Å². The lowest BCUT2D eigenvalue weighted by molar-refractivity contribution is 0.0941. The second-order valence-electron chi connectivity index (χ2n) is 11.5. The van der Waals surface area contributed by atoms with Gasteiger partial charge in [0.1, 0.15) is 5.56 Å². The molecule has 1 aliphatic rings. The van der Waals surface area contributed by atoms with Crippen molar-refractivity contribution in [3.63, 3.8) is 0 Å². The zero-order valence-electron chi connectivity index (χ0n) is 26.4. The first-order chi connectivity index (χ1) is 23.1. The Kier molecular flexibility index (Phi) is 7.78. The first-order valence-corrected chi connectivity index (χ1v) is 16.8. The SMILES string of the molecule is CNS(=O)(=O)Nc1nn2cccnc2c1C(=O)N[C@@H](C)c1c2c3c(ccc(C#Cc4cnn(C)c4)c3c(=O)n1-c1ccccc1)CCC2. The van der Waals surface area contributed by atoms with Gasteiger partial charge in [-0.15, -0.1) is 5.10 Å². The minimum Gasteiger partial charge on any atom is -0.344 e. The van der Waals surface area contributed by atoms with Gasteiger partial charge in [-0.3, -0.25) is 23.6 Å². The van der Waals surface area contributed by atoms with E-state index < -0.39 is 22.2 Å². The lowest BCUT2D eigenvalue weighted by Crippen LogP contribution is -2.35. The Hall–Kier alpha value is -5.78. The lowest BCUT2D eigenvalue weighted by atomic mass is 9.85. The van der Waals surface area contributed by atoms with E-state index in [-0.39, 0.29) is 22.6 Å². The van der Waals surface area contributed by atoms with E-state index in [1.807, 2.05) is 62.6 Å². The average Bonchev–Trinajstić information content (AvgIpc) is 3.67. The molecule has 48 heavy (non-hydrogen) atoms. The van der Waals surface area contributed by atoms with Gasteiger partial charge in [0, 0.05) is 43.9 Å². The van der Waals surface area contributed by atoms with Crippen LogP contribution in [-0.4, -0.2) is 50.3 Å². The number of fused-ring (bicyclic) bond motifs is 1. The molecule has 0 radical (unpaired) electrons. The molecule has 0 aliphatic heterocycles. The van der Waals surface area contributed by atoms with Crippen LogP contribution in [0.15, 0.2) is 78.1 Å². The lowest BCUT2D eigenvalue weighted by Gasteiger charge is -2.28. The zero-order valence-corrected chi connectivity index (χ0v) is 27.2. The predicted octanol–water partition coefficient (Wildman–Crippen LogP) is 3.02. The summed E-state index contributed by atoms with van der Waals surface area (Å²) in [5.74, 6) is 5.57. The number of carbonyl (C=O) groups is 1. The molecule has 7 rings (SSSR count). The summed E-state index contributed by atoms with van der Waals surface area (Å²) in [6, 6.07) is 14.1. The Morgan fingerprint density at radius 2 is 1.85 bits per heavy atom. The van der Waals surface area contributed by atoms with Crippen LogP contribution >= 0.6 is 0 Å². The maximum atomic E-state index is 14.7. The molecule has 0 fully saturated rings. The van der Waals surface area contributed by atoms with E-state index in [1.165, 1.54) is 17.8 Å². The highest BCUT2D eigenvalue weighted by Gasteiger charge is 2.30. The fourth-order valence-electron chi connectivity index (χ4n) is 6.31. The number of aryl methyl sites for hydroxylation is 3. The molecule has 242 valence electrons. The topological polar surface area (TPSA) is 157 Å². The van der Waals surface area contributed by atoms with Crippen LogP contribution in [0.2, 0.25) is 0 Å². The van der Waals surface area contributed by atoms with E-state index >= 15 is 0 Å². The van der Waals surface area contributed by atoms with Crippen LogP contribution in [0.3, 0.4) is 0 Å². The fraction of sp³-hybridized carbons (Fsp3) is 0.206. The highest BCUT2D eigenvalue weighted by atomic mass is 32.2. The first-order valence-electron chi connectivity index (χ1n) is 15.3. The van der Waals surface area contributed by atoms with Gasteiger partial charge in [-0.1, -0.05) is 36.1 Å². The second kappa shape index (κ2) is 12.1. The molecule has 0 saturated carbocycles. The largest absolute Gasteiger partial charge is 0.344 e. The monoisotopic (exact) mass is 661 g/mol. The number of aromatic nitrogens is 6. The summed E-state index contributed by atoms with van der Waals surface area (Å²) >= 11 is 0. The van der Waals surface area contributed by atoms with Gasteiger partial charge in [0.15, 0.2) is 11.5 Å². The standard InChI is InChI=1S/C34H31N9O4S/c1-21(38-33(44)29-31(40-48(46,47)35-2)39-42-18-8-17-36-32(29)42)30-26-12-7-9-23-15-16-24(14-13-22-19-37-41(3)20-22)28(27(23)26)34(45)43(30)25-10-5-4-6-11-25/h4-6,8,10-11,15-21,35H,7,9,12H2,1-3H3,(H,38,44)(H,39,40)/t21-/m0/s1. The van der Waals surface area contributed by atoms with Crippen LogP contribution in [0.4, 0.5) is 5.82 Å². The van der Waals surface area contributed by atoms with Crippen LogP contribution < -0.4 is 20.3 Å². The maximum absolute atomic E-state index is 14.7. The van der Waals surface area contributed by atoms with E-state index in [2.05, 4.69) is 41.8 Å². The van der Waals surface area contributed by atoms with Gasteiger partial charge in [-0.2, -0.15) is 13.5 Å². The Morgan fingerprint density at radius 3 is 2.60 bits per heavy atom. The number of pyridine rings is 1. The van der Waals surface area contributed by atoms with Crippen LogP contribution in [0, 0.1) is 11.8 Å². The summed E-state index contributed by atoms with van der Waals surface area (Å²) in [5, 5.41) is 12.9. The van der Waals surface area contributed by atoms with Crippen LogP contribution in [-0.2, 0) is 30.1 Å². The number of para-hydroxylation sites is 1. The van der Waals surface area contributed by atoms with Crippen molar-refractivity contribution in [2.75, 3.05) is 11.8 Å². The normalized spacial score (nSPS) is 13.2. The summed E-state index contributed by atoms with van der Waals surface area (Å²) < 4.78 is 34.0. The van der Waals surface area contributed by atoms with Crippen molar-refractivity contribution in [1.29, 1.82) is 0 Å². The van der Waals surface area contributed by atoms with E-state index in [0.29, 0.717) is 28.8 Å².